The standard InChI is InChI=1S/C20H26N2O2/c1-5-16-10-6-8-12-18(16)22-20(23)21-15(4)24-19-13-9-7-11-17(19)14(2)3/h6-15H,5H2,1-4H3,(H2,21,22,23). The highest BCUT2D eigenvalue weighted by atomic mass is 16.5. The van der Waals surface area contributed by atoms with Crippen molar-refractivity contribution in [3.05, 3.63) is 59.7 Å². The number of amides is 2. The van der Waals surface area contributed by atoms with Crippen LogP contribution in [0.15, 0.2) is 48.5 Å². The zero-order valence-electron chi connectivity index (χ0n) is 14.8. The summed E-state index contributed by atoms with van der Waals surface area (Å²) in [6.07, 6.45) is 0.434. The van der Waals surface area contributed by atoms with Gasteiger partial charge in [-0.2, -0.15) is 0 Å². The molecule has 24 heavy (non-hydrogen) atoms. The highest BCUT2D eigenvalue weighted by Crippen LogP contribution is 2.26. The zero-order chi connectivity index (χ0) is 17.5. The molecule has 0 saturated carbocycles. The van der Waals surface area contributed by atoms with E-state index in [0.717, 1.165) is 29.0 Å². The average molecular weight is 326 g/mol. The van der Waals surface area contributed by atoms with Gasteiger partial charge in [-0.25, -0.2) is 4.79 Å². The number of urea groups is 1. The summed E-state index contributed by atoms with van der Waals surface area (Å²) in [5.41, 5.74) is 3.06. The molecule has 0 saturated heterocycles. The van der Waals surface area contributed by atoms with E-state index in [2.05, 4.69) is 31.4 Å². The van der Waals surface area contributed by atoms with E-state index in [1.807, 2.05) is 55.5 Å². The number of hydrogen-bond donors (Lipinski definition) is 2. The third-order valence-corrected chi connectivity index (χ3v) is 3.83. The lowest BCUT2D eigenvalue weighted by Crippen LogP contribution is -2.39. The van der Waals surface area contributed by atoms with Crippen molar-refractivity contribution in [2.75, 3.05) is 5.32 Å². The molecule has 2 N–H and O–H groups in total. The summed E-state index contributed by atoms with van der Waals surface area (Å²) in [5, 5.41) is 5.71. The molecular weight excluding hydrogens is 300 g/mol. The maximum atomic E-state index is 12.2. The second-order valence-corrected chi connectivity index (χ2v) is 6.06. The Bertz CT molecular complexity index is 683. The topological polar surface area (TPSA) is 50.4 Å². The van der Waals surface area contributed by atoms with Crippen LogP contribution in [0, 0.1) is 0 Å². The van der Waals surface area contributed by atoms with Crippen LogP contribution in [0.3, 0.4) is 0 Å². The van der Waals surface area contributed by atoms with E-state index in [4.69, 9.17) is 4.74 Å². The molecule has 2 aromatic carbocycles. The number of para-hydroxylation sites is 2. The Balaban J connectivity index is 1.97. The van der Waals surface area contributed by atoms with E-state index < -0.39 is 6.23 Å². The fourth-order valence-corrected chi connectivity index (χ4v) is 2.58. The lowest BCUT2D eigenvalue weighted by atomic mass is 10.0. The van der Waals surface area contributed by atoms with Crippen molar-refractivity contribution in [3.8, 4) is 5.75 Å². The normalized spacial score (nSPS) is 11.9. The Morgan fingerprint density at radius 2 is 1.71 bits per heavy atom. The van der Waals surface area contributed by atoms with Crippen LogP contribution in [-0.2, 0) is 6.42 Å². The van der Waals surface area contributed by atoms with Gasteiger partial charge in [-0.1, -0.05) is 57.2 Å². The van der Waals surface area contributed by atoms with E-state index in [-0.39, 0.29) is 6.03 Å². The van der Waals surface area contributed by atoms with Gasteiger partial charge in [0, 0.05) is 5.69 Å². The summed E-state index contributed by atoms with van der Waals surface area (Å²) in [7, 11) is 0. The van der Waals surface area contributed by atoms with Crippen molar-refractivity contribution in [1.29, 1.82) is 0 Å². The molecule has 0 aliphatic heterocycles. The number of carbonyl (C=O) groups is 1. The molecule has 0 heterocycles. The lowest BCUT2D eigenvalue weighted by molar-refractivity contribution is 0.181. The van der Waals surface area contributed by atoms with Gasteiger partial charge in [0.15, 0.2) is 6.23 Å². The minimum Gasteiger partial charge on any atom is -0.471 e. The van der Waals surface area contributed by atoms with Crippen LogP contribution in [-0.4, -0.2) is 12.3 Å². The van der Waals surface area contributed by atoms with Crippen LogP contribution >= 0.6 is 0 Å². The van der Waals surface area contributed by atoms with Crippen LogP contribution in [0.2, 0.25) is 0 Å². The molecule has 0 spiro atoms. The highest BCUT2D eigenvalue weighted by Gasteiger charge is 2.13. The monoisotopic (exact) mass is 326 g/mol. The predicted molar refractivity (Wildman–Crippen MR) is 98.6 cm³/mol. The number of nitrogens with one attached hydrogen (secondary N) is 2. The number of aryl methyl sites for hydroxylation is 1. The van der Waals surface area contributed by atoms with Crippen LogP contribution in [0.4, 0.5) is 10.5 Å². The van der Waals surface area contributed by atoms with Crippen molar-refractivity contribution in [2.45, 2.75) is 46.3 Å². The van der Waals surface area contributed by atoms with Crippen molar-refractivity contribution < 1.29 is 9.53 Å². The SMILES string of the molecule is CCc1ccccc1NC(=O)NC(C)Oc1ccccc1C(C)C. The predicted octanol–water partition coefficient (Wildman–Crippen LogP) is 4.92. The fourth-order valence-electron chi connectivity index (χ4n) is 2.58. The van der Waals surface area contributed by atoms with E-state index >= 15 is 0 Å². The van der Waals surface area contributed by atoms with Crippen molar-refractivity contribution in [2.24, 2.45) is 0 Å². The first kappa shape index (κ1) is 17.9. The lowest BCUT2D eigenvalue weighted by Gasteiger charge is -2.20. The highest BCUT2D eigenvalue weighted by molar-refractivity contribution is 5.90. The Morgan fingerprint density at radius 1 is 1.04 bits per heavy atom. The molecule has 128 valence electrons. The maximum absolute atomic E-state index is 12.2. The minimum absolute atomic E-state index is 0.273. The second-order valence-electron chi connectivity index (χ2n) is 6.06. The molecule has 0 radical (unpaired) electrons. The molecule has 1 unspecified atom stereocenters. The summed E-state index contributed by atoms with van der Waals surface area (Å²) in [6.45, 7) is 8.12. The van der Waals surface area contributed by atoms with Crippen LogP contribution in [0.25, 0.3) is 0 Å². The Labute approximate surface area is 144 Å². The number of anilines is 1. The van der Waals surface area contributed by atoms with Gasteiger partial charge >= 0.3 is 6.03 Å². The molecule has 4 nitrogen and oxygen atoms in total. The van der Waals surface area contributed by atoms with Gasteiger partial charge in [-0.3, -0.25) is 0 Å². The largest absolute Gasteiger partial charge is 0.471 e. The van der Waals surface area contributed by atoms with E-state index in [0.29, 0.717) is 5.92 Å². The number of hydrogen-bond acceptors (Lipinski definition) is 2. The Hall–Kier alpha value is -2.49. The van der Waals surface area contributed by atoms with E-state index in [1.54, 1.807) is 0 Å². The number of benzene rings is 2. The molecule has 0 aliphatic rings. The average Bonchev–Trinajstić information content (AvgIpc) is 2.55. The first-order valence-corrected chi connectivity index (χ1v) is 8.42. The third-order valence-electron chi connectivity index (χ3n) is 3.83. The molecule has 2 aromatic rings. The summed E-state index contributed by atoms with van der Waals surface area (Å²) < 4.78 is 5.90. The van der Waals surface area contributed by atoms with Gasteiger partial charge in [0.2, 0.25) is 0 Å². The first-order valence-electron chi connectivity index (χ1n) is 8.42. The molecule has 1 atom stereocenters. The van der Waals surface area contributed by atoms with Crippen LogP contribution in [0.1, 0.15) is 44.7 Å². The van der Waals surface area contributed by atoms with Gasteiger partial charge in [-0.05, 0) is 42.5 Å². The van der Waals surface area contributed by atoms with Crippen LogP contribution < -0.4 is 15.4 Å². The summed E-state index contributed by atoms with van der Waals surface area (Å²) in [4.78, 5) is 12.2. The molecule has 0 bridgehead atoms. The third kappa shape index (κ3) is 4.75. The fraction of sp³-hybridized carbons (Fsp3) is 0.350. The molecule has 0 aromatic heterocycles. The van der Waals surface area contributed by atoms with Gasteiger partial charge in [0.25, 0.3) is 0 Å². The van der Waals surface area contributed by atoms with E-state index in [1.165, 1.54) is 0 Å². The smallest absolute Gasteiger partial charge is 0.322 e. The Kier molecular flexibility index (Phi) is 6.24. The maximum Gasteiger partial charge on any atom is 0.322 e. The summed E-state index contributed by atoms with van der Waals surface area (Å²) in [6, 6.07) is 15.4. The molecular formula is C20H26N2O2. The molecule has 2 rings (SSSR count). The van der Waals surface area contributed by atoms with Crippen LogP contribution in [0.5, 0.6) is 5.75 Å². The van der Waals surface area contributed by atoms with Gasteiger partial charge < -0.3 is 15.4 Å². The molecule has 4 heteroatoms. The number of rotatable bonds is 6. The van der Waals surface area contributed by atoms with Crippen molar-refractivity contribution in [3.63, 3.8) is 0 Å². The number of ether oxygens (including phenoxy) is 1. The minimum atomic E-state index is -0.432. The summed E-state index contributed by atoms with van der Waals surface area (Å²) in [5.74, 6) is 1.16. The summed E-state index contributed by atoms with van der Waals surface area (Å²) >= 11 is 0. The van der Waals surface area contributed by atoms with Crippen molar-refractivity contribution in [1.82, 2.24) is 5.32 Å². The first-order chi connectivity index (χ1) is 11.5. The van der Waals surface area contributed by atoms with Crippen molar-refractivity contribution >= 4 is 11.7 Å². The molecule has 2 amide bonds. The molecule has 0 fully saturated rings. The Morgan fingerprint density at radius 3 is 2.42 bits per heavy atom. The van der Waals surface area contributed by atoms with Gasteiger partial charge in [-0.15, -0.1) is 0 Å². The quantitative estimate of drug-likeness (QED) is 0.740. The number of carbonyl (C=O) groups excluding carboxylic acids is 1. The van der Waals surface area contributed by atoms with Gasteiger partial charge in [0.05, 0.1) is 0 Å². The zero-order valence-corrected chi connectivity index (χ0v) is 14.8. The van der Waals surface area contributed by atoms with Gasteiger partial charge in [0.1, 0.15) is 5.75 Å². The molecule has 0 aliphatic carbocycles. The van der Waals surface area contributed by atoms with E-state index in [9.17, 15) is 4.79 Å². The second kappa shape index (κ2) is 8.39.